The van der Waals surface area contributed by atoms with Crippen LogP contribution in [0.5, 0.6) is 0 Å². The molecule has 2 aliphatic rings. The van der Waals surface area contributed by atoms with Crippen LogP contribution in [0, 0.1) is 5.41 Å². The second-order valence-corrected chi connectivity index (χ2v) is 6.26. The molecule has 4 nitrogen and oxygen atoms in total. The first-order valence-corrected chi connectivity index (χ1v) is 7.25. The Bertz CT molecular complexity index is 565. The Labute approximate surface area is 120 Å². The number of carbonyl (C=O) groups excluding carboxylic acids is 2. The van der Waals surface area contributed by atoms with E-state index >= 15 is 0 Å². The summed E-state index contributed by atoms with van der Waals surface area (Å²) in [5.74, 6) is -0.167. The monoisotopic (exact) mass is 322 g/mol. The standard InChI is InChI=1S/C14H15BrN2O2/c15-10-4-3-9(16)7-11(10)17-12(18)8-14(13(17)19)5-1-2-6-14/h3-4,7H,1-2,5-6,8,16H2. The number of amides is 2. The molecule has 2 amide bonds. The third kappa shape index (κ3) is 1.87. The second-order valence-electron chi connectivity index (χ2n) is 5.41. The first-order valence-electron chi connectivity index (χ1n) is 6.46. The molecule has 100 valence electrons. The summed E-state index contributed by atoms with van der Waals surface area (Å²) < 4.78 is 0.721. The Morgan fingerprint density at radius 1 is 1.21 bits per heavy atom. The van der Waals surface area contributed by atoms with Crippen molar-refractivity contribution in [3.05, 3.63) is 22.7 Å². The normalized spacial score (nSPS) is 21.6. The van der Waals surface area contributed by atoms with Gasteiger partial charge in [-0.1, -0.05) is 12.8 Å². The molecule has 1 aliphatic carbocycles. The molecule has 1 aromatic carbocycles. The first kappa shape index (κ1) is 12.7. The van der Waals surface area contributed by atoms with E-state index in [1.807, 2.05) is 0 Å². The van der Waals surface area contributed by atoms with Gasteiger partial charge in [-0.3, -0.25) is 9.59 Å². The number of benzene rings is 1. The van der Waals surface area contributed by atoms with Crippen LogP contribution in [0.25, 0.3) is 0 Å². The molecule has 2 fully saturated rings. The lowest BCUT2D eigenvalue weighted by atomic mass is 9.84. The summed E-state index contributed by atoms with van der Waals surface area (Å²) in [7, 11) is 0. The van der Waals surface area contributed by atoms with E-state index < -0.39 is 5.41 Å². The van der Waals surface area contributed by atoms with E-state index in [1.165, 1.54) is 4.90 Å². The second kappa shape index (κ2) is 4.34. The zero-order valence-electron chi connectivity index (χ0n) is 10.5. The zero-order valence-corrected chi connectivity index (χ0v) is 12.1. The van der Waals surface area contributed by atoms with Crippen LogP contribution in [-0.4, -0.2) is 11.8 Å². The quantitative estimate of drug-likeness (QED) is 0.638. The van der Waals surface area contributed by atoms with Crippen LogP contribution in [0.4, 0.5) is 11.4 Å². The van der Waals surface area contributed by atoms with E-state index in [1.54, 1.807) is 18.2 Å². The number of nitrogens with zero attached hydrogens (tertiary/aromatic N) is 1. The highest BCUT2D eigenvalue weighted by Crippen LogP contribution is 2.48. The predicted molar refractivity (Wildman–Crippen MR) is 76.6 cm³/mol. The van der Waals surface area contributed by atoms with Gasteiger partial charge in [0.1, 0.15) is 0 Å². The van der Waals surface area contributed by atoms with Crippen molar-refractivity contribution in [2.24, 2.45) is 5.41 Å². The molecule has 1 aliphatic heterocycles. The fraction of sp³-hybridized carbons (Fsp3) is 0.429. The molecule has 5 heteroatoms. The van der Waals surface area contributed by atoms with Gasteiger partial charge in [0.25, 0.3) is 0 Å². The third-order valence-electron chi connectivity index (χ3n) is 4.17. The Hall–Kier alpha value is -1.36. The molecule has 0 atom stereocenters. The van der Waals surface area contributed by atoms with Crippen molar-refractivity contribution in [1.29, 1.82) is 0 Å². The lowest BCUT2D eigenvalue weighted by Crippen LogP contribution is -2.34. The third-order valence-corrected chi connectivity index (χ3v) is 4.84. The van der Waals surface area contributed by atoms with E-state index in [9.17, 15) is 9.59 Å². The van der Waals surface area contributed by atoms with Gasteiger partial charge in [0.15, 0.2) is 0 Å². The molecular weight excluding hydrogens is 308 g/mol. The van der Waals surface area contributed by atoms with Crippen LogP contribution in [0.3, 0.4) is 0 Å². The Balaban J connectivity index is 2.03. The number of imide groups is 1. The number of carbonyl (C=O) groups is 2. The maximum absolute atomic E-state index is 12.6. The van der Waals surface area contributed by atoms with Crippen LogP contribution in [0.1, 0.15) is 32.1 Å². The van der Waals surface area contributed by atoms with Crippen molar-refractivity contribution in [3.63, 3.8) is 0 Å². The number of halogens is 1. The van der Waals surface area contributed by atoms with Crippen LogP contribution < -0.4 is 10.6 Å². The largest absolute Gasteiger partial charge is 0.399 e. The number of nitrogens with two attached hydrogens (primary N) is 1. The first-order chi connectivity index (χ1) is 9.03. The molecule has 1 spiro atoms. The van der Waals surface area contributed by atoms with Gasteiger partial charge in [0, 0.05) is 16.6 Å². The topological polar surface area (TPSA) is 63.4 Å². The summed E-state index contributed by atoms with van der Waals surface area (Å²) in [4.78, 5) is 26.2. The highest BCUT2D eigenvalue weighted by Gasteiger charge is 2.53. The maximum atomic E-state index is 12.6. The molecular formula is C14H15BrN2O2. The Morgan fingerprint density at radius 3 is 2.58 bits per heavy atom. The van der Waals surface area contributed by atoms with E-state index in [0.29, 0.717) is 17.8 Å². The average molecular weight is 323 g/mol. The predicted octanol–water partition coefficient (Wildman–Crippen LogP) is 2.86. The highest BCUT2D eigenvalue weighted by molar-refractivity contribution is 9.10. The number of rotatable bonds is 1. The highest BCUT2D eigenvalue weighted by atomic mass is 79.9. The van der Waals surface area contributed by atoms with Gasteiger partial charge in [-0.25, -0.2) is 4.90 Å². The van der Waals surface area contributed by atoms with E-state index in [4.69, 9.17) is 5.73 Å². The average Bonchev–Trinajstić information content (AvgIpc) is 2.91. The minimum atomic E-state index is -0.443. The molecule has 1 saturated heterocycles. The number of hydrogen-bond donors (Lipinski definition) is 1. The molecule has 2 N–H and O–H groups in total. The van der Waals surface area contributed by atoms with E-state index in [2.05, 4.69) is 15.9 Å². The molecule has 0 aromatic heterocycles. The van der Waals surface area contributed by atoms with Gasteiger partial charge in [-0.05, 0) is 47.0 Å². The van der Waals surface area contributed by atoms with Gasteiger partial charge in [-0.15, -0.1) is 0 Å². The van der Waals surface area contributed by atoms with Crippen LogP contribution >= 0.6 is 15.9 Å². The van der Waals surface area contributed by atoms with Crippen LogP contribution in [0.15, 0.2) is 22.7 Å². The molecule has 1 saturated carbocycles. The van der Waals surface area contributed by atoms with Crippen molar-refractivity contribution >= 4 is 39.1 Å². The number of anilines is 2. The summed E-state index contributed by atoms with van der Waals surface area (Å²) in [6.45, 7) is 0. The smallest absolute Gasteiger partial charge is 0.240 e. The van der Waals surface area contributed by atoms with Crippen LogP contribution in [-0.2, 0) is 9.59 Å². The molecule has 19 heavy (non-hydrogen) atoms. The maximum Gasteiger partial charge on any atom is 0.240 e. The number of nitrogen functional groups attached to an aromatic ring is 1. The Morgan fingerprint density at radius 2 is 1.89 bits per heavy atom. The van der Waals surface area contributed by atoms with Gasteiger partial charge in [0.05, 0.1) is 11.1 Å². The van der Waals surface area contributed by atoms with Gasteiger partial charge in [0.2, 0.25) is 11.8 Å². The Kier molecular flexibility index (Phi) is 2.89. The lowest BCUT2D eigenvalue weighted by molar-refractivity contribution is -0.125. The van der Waals surface area contributed by atoms with Crippen molar-refractivity contribution in [2.45, 2.75) is 32.1 Å². The van der Waals surface area contributed by atoms with Crippen molar-refractivity contribution < 1.29 is 9.59 Å². The molecule has 0 unspecified atom stereocenters. The molecule has 0 radical (unpaired) electrons. The SMILES string of the molecule is Nc1ccc(Br)c(N2C(=O)CC3(CCCC3)C2=O)c1. The van der Waals surface area contributed by atoms with Gasteiger partial charge >= 0.3 is 0 Å². The molecule has 1 aromatic rings. The summed E-state index contributed by atoms with van der Waals surface area (Å²) in [6.07, 6.45) is 4.06. The molecule has 1 heterocycles. The van der Waals surface area contributed by atoms with Crippen LogP contribution in [0.2, 0.25) is 0 Å². The van der Waals surface area contributed by atoms with E-state index in [-0.39, 0.29) is 11.8 Å². The van der Waals surface area contributed by atoms with Crippen molar-refractivity contribution in [3.8, 4) is 0 Å². The van der Waals surface area contributed by atoms with Gasteiger partial charge < -0.3 is 5.73 Å². The summed E-state index contributed by atoms with van der Waals surface area (Å²) in [6, 6.07) is 5.18. The minimum Gasteiger partial charge on any atom is -0.399 e. The molecule has 0 bridgehead atoms. The van der Waals surface area contributed by atoms with Gasteiger partial charge in [-0.2, -0.15) is 0 Å². The van der Waals surface area contributed by atoms with E-state index in [0.717, 1.165) is 30.2 Å². The lowest BCUT2D eigenvalue weighted by Gasteiger charge is -2.21. The number of hydrogen-bond acceptors (Lipinski definition) is 3. The fourth-order valence-corrected chi connectivity index (χ4v) is 3.61. The fourth-order valence-electron chi connectivity index (χ4n) is 3.18. The summed E-state index contributed by atoms with van der Waals surface area (Å²) in [5.41, 5.74) is 6.43. The molecule has 3 rings (SSSR count). The van der Waals surface area contributed by atoms with Crippen molar-refractivity contribution in [1.82, 2.24) is 0 Å². The van der Waals surface area contributed by atoms with Crippen molar-refractivity contribution in [2.75, 3.05) is 10.6 Å². The minimum absolute atomic E-state index is 0.0544. The zero-order chi connectivity index (χ0) is 13.6. The summed E-state index contributed by atoms with van der Waals surface area (Å²) in [5, 5.41) is 0. The summed E-state index contributed by atoms with van der Waals surface area (Å²) >= 11 is 3.39.